The van der Waals surface area contributed by atoms with E-state index in [0.717, 1.165) is 0 Å². The summed E-state index contributed by atoms with van der Waals surface area (Å²) in [5.41, 5.74) is 0. The summed E-state index contributed by atoms with van der Waals surface area (Å²) in [6.45, 7) is 2.14. The van der Waals surface area contributed by atoms with Crippen molar-refractivity contribution in [3.05, 3.63) is 27.7 Å². The summed E-state index contributed by atoms with van der Waals surface area (Å²) in [6, 6.07) is 4.56. The van der Waals surface area contributed by atoms with Crippen molar-refractivity contribution in [3.63, 3.8) is 0 Å². The van der Waals surface area contributed by atoms with Gasteiger partial charge in [0.05, 0.1) is 5.02 Å². The smallest absolute Gasteiger partial charge is 0.303 e. The number of hydrogen-bond donors (Lipinski definition) is 2. The minimum atomic E-state index is -3.65. The summed E-state index contributed by atoms with van der Waals surface area (Å²) < 4.78 is 27.4. The predicted molar refractivity (Wildman–Crippen MR) is 85.0 cm³/mol. The molecule has 1 unspecified atom stereocenters. The van der Waals surface area contributed by atoms with Crippen LogP contribution in [0.3, 0.4) is 0 Å². The van der Waals surface area contributed by atoms with Crippen LogP contribution in [0.15, 0.2) is 27.6 Å². The first-order valence-electron chi connectivity index (χ1n) is 6.39. The molecule has 0 spiro atoms. The highest BCUT2D eigenvalue weighted by Crippen LogP contribution is 2.25. The molecule has 118 valence electrons. The highest BCUT2D eigenvalue weighted by atomic mass is 79.9. The Hall–Kier alpha value is -0.630. The van der Waals surface area contributed by atoms with Crippen LogP contribution in [0.4, 0.5) is 0 Å². The lowest BCUT2D eigenvalue weighted by Gasteiger charge is -2.12. The third-order valence-corrected chi connectivity index (χ3v) is 5.40. The quantitative estimate of drug-likeness (QED) is 0.704. The minimum Gasteiger partial charge on any atom is -0.481 e. The van der Waals surface area contributed by atoms with Crippen molar-refractivity contribution in [1.29, 1.82) is 0 Å². The lowest BCUT2D eigenvalue weighted by atomic mass is 10.0. The monoisotopic (exact) mass is 397 g/mol. The molecule has 0 heterocycles. The number of carbonyl (C=O) groups is 1. The number of carboxylic acid groups (broad SMARTS) is 1. The maximum Gasteiger partial charge on any atom is 0.303 e. The Balaban J connectivity index is 2.55. The number of benzene rings is 1. The van der Waals surface area contributed by atoms with Gasteiger partial charge in [-0.05, 0) is 37.0 Å². The van der Waals surface area contributed by atoms with Gasteiger partial charge in [-0.15, -0.1) is 0 Å². The Kier molecular flexibility index (Phi) is 7.12. The average Bonchev–Trinajstić information content (AvgIpc) is 2.35. The Morgan fingerprint density at radius 3 is 2.67 bits per heavy atom. The zero-order valence-corrected chi connectivity index (χ0v) is 14.6. The maximum absolute atomic E-state index is 12.1. The first-order valence-corrected chi connectivity index (χ1v) is 9.04. The second kappa shape index (κ2) is 8.12. The van der Waals surface area contributed by atoms with Gasteiger partial charge in [0.25, 0.3) is 0 Å². The number of aliphatic carboxylic acids is 1. The van der Waals surface area contributed by atoms with Crippen LogP contribution in [0.1, 0.15) is 26.2 Å². The van der Waals surface area contributed by atoms with Crippen LogP contribution in [0, 0.1) is 5.92 Å². The van der Waals surface area contributed by atoms with Crippen molar-refractivity contribution in [2.24, 2.45) is 5.92 Å². The summed E-state index contributed by atoms with van der Waals surface area (Å²) in [7, 11) is -3.65. The molecule has 0 aliphatic rings. The Bertz CT molecular complexity index is 606. The first kappa shape index (κ1) is 18.4. The molecule has 0 saturated heterocycles. The fraction of sp³-hybridized carbons (Fsp3) is 0.462. The molecule has 0 amide bonds. The molecule has 0 aliphatic carbocycles. The standard InChI is InChI=1S/C13H17BrClNO4S/c1-9(2-5-13(17)18)6-7-16-21(19,20)12-4-3-10(14)8-11(12)15/h3-4,8-9,16H,2,5-7H2,1H3,(H,17,18). The predicted octanol–water partition coefficient (Wildman–Crippen LogP) is 3.27. The van der Waals surface area contributed by atoms with E-state index >= 15 is 0 Å². The van der Waals surface area contributed by atoms with E-state index in [1.807, 2.05) is 6.92 Å². The lowest BCUT2D eigenvalue weighted by molar-refractivity contribution is -0.137. The van der Waals surface area contributed by atoms with Gasteiger partial charge in [-0.2, -0.15) is 0 Å². The average molecular weight is 399 g/mol. The molecule has 8 heteroatoms. The van der Waals surface area contributed by atoms with Crippen molar-refractivity contribution in [2.75, 3.05) is 6.54 Å². The van der Waals surface area contributed by atoms with Gasteiger partial charge in [0.2, 0.25) is 10.0 Å². The van der Waals surface area contributed by atoms with E-state index in [-0.39, 0.29) is 28.8 Å². The Morgan fingerprint density at radius 1 is 1.43 bits per heavy atom. The largest absolute Gasteiger partial charge is 0.481 e. The number of carboxylic acids is 1. The van der Waals surface area contributed by atoms with E-state index in [9.17, 15) is 13.2 Å². The molecule has 0 saturated carbocycles. The molecule has 0 aliphatic heterocycles. The fourth-order valence-electron chi connectivity index (χ4n) is 1.72. The van der Waals surface area contributed by atoms with Crippen molar-refractivity contribution in [3.8, 4) is 0 Å². The van der Waals surface area contributed by atoms with Gasteiger partial charge in [-0.3, -0.25) is 4.79 Å². The number of nitrogens with one attached hydrogen (secondary N) is 1. The van der Waals surface area contributed by atoms with Crippen LogP contribution < -0.4 is 4.72 Å². The van der Waals surface area contributed by atoms with Gasteiger partial charge in [0, 0.05) is 17.4 Å². The van der Waals surface area contributed by atoms with Gasteiger partial charge in [-0.25, -0.2) is 13.1 Å². The Labute approximate surface area is 137 Å². The number of halogens is 2. The van der Waals surface area contributed by atoms with E-state index in [1.54, 1.807) is 6.07 Å². The lowest BCUT2D eigenvalue weighted by Crippen LogP contribution is -2.26. The van der Waals surface area contributed by atoms with E-state index in [1.165, 1.54) is 12.1 Å². The van der Waals surface area contributed by atoms with Gasteiger partial charge < -0.3 is 5.11 Å². The van der Waals surface area contributed by atoms with E-state index in [0.29, 0.717) is 17.3 Å². The fourth-order valence-corrected chi connectivity index (χ4v) is 3.81. The molecule has 21 heavy (non-hydrogen) atoms. The summed E-state index contributed by atoms with van der Waals surface area (Å²) in [4.78, 5) is 10.5. The SMILES string of the molecule is CC(CCNS(=O)(=O)c1ccc(Br)cc1Cl)CCC(=O)O. The third kappa shape index (κ3) is 6.34. The number of rotatable bonds is 8. The second-order valence-corrected chi connectivity index (χ2v) is 7.86. The minimum absolute atomic E-state index is 0.0329. The molecule has 1 rings (SSSR count). The maximum atomic E-state index is 12.1. The molecule has 1 aromatic carbocycles. The summed E-state index contributed by atoms with van der Waals surface area (Å²) in [5.74, 6) is -0.715. The normalized spacial score (nSPS) is 13.1. The van der Waals surface area contributed by atoms with Crippen LogP contribution in [-0.2, 0) is 14.8 Å². The van der Waals surface area contributed by atoms with Crippen molar-refractivity contribution in [1.82, 2.24) is 4.72 Å². The highest BCUT2D eigenvalue weighted by molar-refractivity contribution is 9.10. The van der Waals surface area contributed by atoms with Crippen molar-refractivity contribution >= 4 is 43.5 Å². The Morgan fingerprint density at radius 2 is 2.10 bits per heavy atom. The van der Waals surface area contributed by atoms with Crippen molar-refractivity contribution in [2.45, 2.75) is 31.1 Å². The van der Waals surface area contributed by atoms with Gasteiger partial charge in [-0.1, -0.05) is 34.5 Å². The van der Waals surface area contributed by atoms with E-state index in [4.69, 9.17) is 16.7 Å². The zero-order chi connectivity index (χ0) is 16.0. The second-order valence-electron chi connectivity index (χ2n) is 4.80. The molecule has 1 aromatic rings. The molecule has 0 radical (unpaired) electrons. The van der Waals surface area contributed by atoms with Crippen LogP contribution in [-0.4, -0.2) is 26.0 Å². The topological polar surface area (TPSA) is 83.5 Å². The van der Waals surface area contributed by atoms with E-state index in [2.05, 4.69) is 20.7 Å². The molecule has 0 fully saturated rings. The van der Waals surface area contributed by atoms with Crippen LogP contribution >= 0.6 is 27.5 Å². The van der Waals surface area contributed by atoms with E-state index < -0.39 is 16.0 Å². The number of hydrogen-bond acceptors (Lipinski definition) is 3. The van der Waals surface area contributed by atoms with Gasteiger partial charge in [0.1, 0.15) is 4.90 Å². The summed E-state index contributed by atoms with van der Waals surface area (Å²) in [5, 5.41) is 8.74. The highest BCUT2D eigenvalue weighted by Gasteiger charge is 2.18. The summed E-state index contributed by atoms with van der Waals surface area (Å²) in [6.07, 6.45) is 1.18. The van der Waals surface area contributed by atoms with Crippen molar-refractivity contribution < 1.29 is 18.3 Å². The third-order valence-electron chi connectivity index (χ3n) is 2.96. The van der Waals surface area contributed by atoms with Crippen LogP contribution in [0.25, 0.3) is 0 Å². The summed E-state index contributed by atoms with van der Waals surface area (Å²) >= 11 is 9.14. The molecule has 5 nitrogen and oxygen atoms in total. The van der Waals surface area contributed by atoms with Crippen LogP contribution in [0.2, 0.25) is 5.02 Å². The molecule has 0 bridgehead atoms. The van der Waals surface area contributed by atoms with Crippen LogP contribution in [0.5, 0.6) is 0 Å². The van der Waals surface area contributed by atoms with Gasteiger partial charge in [0.15, 0.2) is 0 Å². The van der Waals surface area contributed by atoms with Gasteiger partial charge >= 0.3 is 5.97 Å². The zero-order valence-electron chi connectivity index (χ0n) is 11.5. The number of sulfonamides is 1. The molecule has 2 N–H and O–H groups in total. The first-order chi connectivity index (χ1) is 9.72. The molecule has 1 atom stereocenters. The molecular formula is C13H17BrClNO4S. The molecular weight excluding hydrogens is 382 g/mol. The molecule has 0 aromatic heterocycles.